The summed E-state index contributed by atoms with van der Waals surface area (Å²) in [6.45, 7) is 7.48. The van der Waals surface area contributed by atoms with Crippen LogP contribution in [-0.4, -0.2) is 63.2 Å². The molecule has 0 radical (unpaired) electrons. The standard InChI is InChI=1S/C34H34ClN5O5/c1-34(2,3)31(42)45-23-17-22-11-7-8-12-24(22)25(18-23)29(41)26-19-36-28-27(26)37-32(35)38-30(28)39-13-15-40(16-14-39)33(43)44-20-21-9-5-4-6-10-21/h4-12,17-19,29,36,41H,13-16,20H2,1-3H3. The van der Waals surface area contributed by atoms with E-state index in [9.17, 15) is 14.7 Å². The third-order valence-corrected chi connectivity index (χ3v) is 8.00. The van der Waals surface area contributed by atoms with Gasteiger partial charge in [0, 0.05) is 37.9 Å². The molecular formula is C34H34ClN5O5. The molecule has 232 valence electrons. The molecule has 0 aliphatic carbocycles. The van der Waals surface area contributed by atoms with Crippen LogP contribution in [-0.2, 0) is 16.1 Å². The average Bonchev–Trinajstić information content (AvgIpc) is 3.46. The van der Waals surface area contributed by atoms with Gasteiger partial charge in [0.2, 0.25) is 5.28 Å². The number of ether oxygens (including phenoxy) is 2. The van der Waals surface area contributed by atoms with Crippen molar-refractivity contribution >= 4 is 51.3 Å². The number of benzene rings is 3. The molecule has 0 saturated carbocycles. The van der Waals surface area contributed by atoms with Crippen LogP contribution in [0, 0.1) is 5.41 Å². The highest BCUT2D eigenvalue weighted by Crippen LogP contribution is 2.37. The fourth-order valence-electron chi connectivity index (χ4n) is 5.36. The van der Waals surface area contributed by atoms with Crippen LogP contribution in [0.1, 0.15) is 43.6 Å². The quantitative estimate of drug-likeness (QED) is 0.129. The Hall–Kier alpha value is -4.67. The summed E-state index contributed by atoms with van der Waals surface area (Å²) in [6, 6.07) is 20.6. The maximum absolute atomic E-state index is 12.7. The van der Waals surface area contributed by atoms with Gasteiger partial charge in [0.25, 0.3) is 0 Å². The Morgan fingerprint density at radius 3 is 2.42 bits per heavy atom. The molecule has 10 nitrogen and oxygen atoms in total. The number of piperazine rings is 1. The molecular weight excluding hydrogens is 594 g/mol. The van der Waals surface area contributed by atoms with Gasteiger partial charge in [-0.1, -0.05) is 54.6 Å². The third-order valence-electron chi connectivity index (χ3n) is 7.83. The zero-order valence-electron chi connectivity index (χ0n) is 25.3. The van der Waals surface area contributed by atoms with E-state index in [0.29, 0.717) is 59.9 Å². The van der Waals surface area contributed by atoms with E-state index < -0.39 is 11.5 Å². The topological polar surface area (TPSA) is 121 Å². The van der Waals surface area contributed by atoms with Crippen molar-refractivity contribution in [2.45, 2.75) is 33.5 Å². The lowest BCUT2D eigenvalue weighted by Crippen LogP contribution is -2.49. The maximum Gasteiger partial charge on any atom is 0.410 e. The number of anilines is 1. The summed E-state index contributed by atoms with van der Waals surface area (Å²) in [5.41, 5.74) is 2.39. The minimum atomic E-state index is -1.12. The second kappa shape index (κ2) is 12.4. The first-order valence-electron chi connectivity index (χ1n) is 14.8. The van der Waals surface area contributed by atoms with Crippen LogP contribution in [0.15, 0.2) is 72.9 Å². The number of hydrogen-bond donors (Lipinski definition) is 2. The number of nitrogens with zero attached hydrogens (tertiary/aromatic N) is 4. The zero-order chi connectivity index (χ0) is 31.7. The lowest BCUT2D eigenvalue weighted by atomic mass is 9.95. The van der Waals surface area contributed by atoms with Crippen LogP contribution in [0.2, 0.25) is 5.28 Å². The lowest BCUT2D eigenvalue weighted by Gasteiger charge is -2.34. The first-order valence-corrected chi connectivity index (χ1v) is 15.1. The van der Waals surface area contributed by atoms with Gasteiger partial charge in [-0.2, -0.15) is 4.98 Å². The van der Waals surface area contributed by atoms with Crippen LogP contribution in [0.3, 0.4) is 0 Å². The van der Waals surface area contributed by atoms with Gasteiger partial charge in [-0.25, -0.2) is 9.78 Å². The number of carbonyl (C=O) groups is 2. The largest absolute Gasteiger partial charge is 0.445 e. The van der Waals surface area contributed by atoms with Crippen molar-refractivity contribution in [2.75, 3.05) is 31.1 Å². The summed E-state index contributed by atoms with van der Waals surface area (Å²) >= 11 is 6.44. The number of aromatic nitrogens is 3. The molecule has 1 unspecified atom stereocenters. The first-order chi connectivity index (χ1) is 21.6. The molecule has 1 saturated heterocycles. The number of carbonyl (C=O) groups excluding carboxylic acids is 2. The number of aliphatic hydroxyl groups is 1. The van der Waals surface area contributed by atoms with Crippen molar-refractivity contribution in [3.63, 3.8) is 0 Å². The second-order valence-corrected chi connectivity index (χ2v) is 12.4. The minimum absolute atomic E-state index is 0.0352. The number of rotatable bonds is 6. The van der Waals surface area contributed by atoms with Crippen LogP contribution in [0.4, 0.5) is 10.6 Å². The molecule has 2 aromatic heterocycles. The van der Waals surface area contributed by atoms with E-state index in [-0.39, 0.29) is 24.0 Å². The van der Waals surface area contributed by atoms with Gasteiger partial charge in [-0.15, -0.1) is 0 Å². The molecule has 6 rings (SSSR count). The third kappa shape index (κ3) is 6.43. The van der Waals surface area contributed by atoms with Crippen molar-refractivity contribution in [1.29, 1.82) is 0 Å². The number of amides is 1. The van der Waals surface area contributed by atoms with Crippen molar-refractivity contribution in [2.24, 2.45) is 5.41 Å². The summed E-state index contributed by atoms with van der Waals surface area (Å²) in [4.78, 5) is 41.3. The van der Waals surface area contributed by atoms with Crippen LogP contribution < -0.4 is 9.64 Å². The van der Waals surface area contributed by atoms with Gasteiger partial charge < -0.3 is 29.4 Å². The van der Waals surface area contributed by atoms with E-state index in [0.717, 1.165) is 16.3 Å². The lowest BCUT2D eigenvalue weighted by molar-refractivity contribution is -0.143. The Balaban J connectivity index is 1.25. The molecule has 0 spiro atoms. The molecule has 1 aliphatic heterocycles. The van der Waals surface area contributed by atoms with E-state index >= 15 is 0 Å². The van der Waals surface area contributed by atoms with Gasteiger partial charge in [0.15, 0.2) is 5.82 Å². The Bertz CT molecular complexity index is 1860. The van der Waals surface area contributed by atoms with Crippen molar-refractivity contribution in [3.05, 3.63) is 94.9 Å². The number of aliphatic hydroxyl groups excluding tert-OH is 1. The molecule has 1 atom stereocenters. The Morgan fingerprint density at radius 1 is 0.978 bits per heavy atom. The van der Waals surface area contributed by atoms with Crippen LogP contribution >= 0.6 is 11.6 Å². The number of H-pyrrole nitrogens is 1. The average molecular weight is 628 g/mol. The second-order valence-electron chi connectivity index (χ2n) is 12.1. The van der Waals surface area contributed by atoms with Gasteiger partial charge in [0.05, 0.1) is 5.41 Å². The maximum atomic E-state index is 12.7. The summed E-state index contributed by atoms with van der Waals surface area (Å²) in [7, 11) is 0. The fraction of sp³-hybridized carbons (Fsp3) is 0.294. The summed E-state index contributed by atoms with van der Waals surface area (Å²) < 4.78 is 11.2. The normalized spacial score (nSPS) is 14.5. The summed E-state index contributed by atoms with van der Waals surface area (Å²) in [5, 5.41) is 13.4. The van der Waals surface area contributed by atoms with Gasteiger partial charge >= 0.3 is 12.1 Å². The molecule has 11 heteroatoms. The highest BCUT2D eigenvalue weighted by Gasteiger charge is 2.28. The van der Waals surface area contributed by atoms with E-state index in [1.165, 1.54) is 0 Å². The van der Waals surface area contributed by atoms with Gasteiger partial charge in [-0.3, -0.25) is 4.79 Å². The SMILES string of the molecule is CC(C)(C)C(=O)Oc1cc(C(O)c2c[nH]c3c(N4CCN(C(=O)OCc5ccccc5)CC4)nc(Cl)nc23)c2ccccc2c1. The molecule has 1 fully saturated rings. The van der Waals surface area contributed by atoms with Gasteiger partial charge in [0.1, 0.15) is 29.5 Å². The Morgan fingerprint density at radius 2 is 1.69 bits per heavy atom. The number of fused-ring (bicyclic) bond motifs is 2. The van der Waals surface area contributed by atoms with Crippen LogP contribution in [0.5, 0.6) is 5.75 Å². The minimum Gasteiger partial charge on any atom is -0.445 e. The molecule has 45 heavy (non-hydrogen) atoms. The number of aromatic amines is 1. The molecule has 3 heterocycles. The molecule has 1 aliphatic rings. The molecule has 3 aromatic carbocycles. The Labute approximate surface area is 265 Å². The van der Waals surface area contributed by atoms with Crippen molar-refractivity contribution in [3.8, 4) is 5.75 Å². The smallest absolute Gasteiger partial charge is 0.410 e. The number of nitrogens with one attached hydrogen (secondary N) is 1. The predicted molar refractivity (Wildman–Crippen MR) is 172 cm³/mol. The number of halogens is 1. The summed E-state index contributed by atoms with van der Waals surface area (Å²) in [6.07, 6.45) is 0.216. The predicted octanol–water partition coefficient (Wildman–Crippen LogP) is 6.26. The highest BCUT2D eigenvalue weighted by molar-refractivity contribution is 6.28. The van der Waals surface area contributed by atoms with Crippen molar-refractivity contribution in [1.82, 2.24) is 19.9 Å². The molecule has 2 N–H and O–H groups in total. The monoisotopic (exact) mass is 627 g/mol. The van der Waals surface area contributed by atoms with Crippen molar-refractivity contribution < 1.29 is 24.2 Å². The molecule has 5 aromatic rings. The Kier molecular flexibility index (Phi) is 8.35. The first kappa shape index (κ1) is 30.4. The number of hydrogen-bond acceptors (Lipinski definition) is 8. The van der Waals surface area contributed by atoms with E-state index in [2.05, 4.69) is 15.0 Å². The van der Waals surface area contributed by atoms with E-state index in [1.807, 2.05) is 59.5 Å². The van der Waals surface area contributed by atoms with E-state index in [1.54, 1.807) is 44.0 Å². The zero-order valence-corrected chi connectivity index (χ0v) is 26.0. The fourth-order valence-corrected chi connectivity index (χ4v) is 5.52. The molecule has 1 amide bonds. The number of esters is 1. The summed E-state index contributed by atoms with van der Waals surface area (Å²) in [5.74, 6) is 0.550. The van der Waals surface area contributed by atoms with Gasteiger partial charge in [-0.05, 0) is 66.4 Å². The molecule has 0 bridgehead atoms. The van der Waals surface area contributed by atoms with Crippen LogP contribution in [0.25, 0.3) is 21.8 Å². The van der Waals surface area contributed by atoms with E-state index in [4.69, 9.17) is 21.1 Å². The highest BCUT2D eigenvalue weighted by atomic mass is 35.5.